The van der Waals surface area contributed by atoms with Crippen molar-refractivity contribution in [3.63, 3.8) is 0 Å². The number of nitrogens with zero attached hydrogens (tertiary/aromatic N) is 2. The molecule has 0 radical (unpaired) electrons. The first kappa shape index (κ1) is 22.7. The van der Waals surface area contributed by atoms with E-state index in [1.54, 1.807) is 24.4 Å². The zero-order chi connectivity index (χ0) is 23.5. The number of halogens is 1. The molecule has 4 heterocycles. The van der Waals surface area contributed by atoms with Gasteiger partial charge in [0.1, 0.15) is 24.8 Å². The summed E-state index contributed by atoms with van der Waals surface area (Å²) in [7, 11) is 1.53. The minimum absolute atomic E-state index is 0.0499. The smallest absolute Gasteiger partial charge is 0.179 e. The van der Waals surface area contributed by atoms with Gasteiger partial charge in [0.25, 0.3) is 0 Å². The molecule has 1 aromatic carbocycles. The van der Waals surface area contributed by atoms with Gasteiger partial charge in [-0.25, -0.2) is 4.39 Å². The van der Waals surface area contributed by atoms with E-state index >= 15 is 0 Å². The largest absolute Gasteiger partial charge is 0.497 e. The number of nitrogens with one attached hydrogen (secondary N) is 1. The van der Waals surface area contributed by atoms with Crippen LogP contribution >= 0.6 is 0 Å². The van der Waals surface area contributed by atoms with E-state index < -0.39 is 18.2 Å². The quantitative estimate of drug-likeness (QED) is 0.538. The summed E-state index contributed by atoms with van der Waals surface area (Å²) in [5.74, 6) is 1.31. The summed E-state index contributed by atoms with van der Waals surface area (Å²) in [5.41, 5.74) is 1.54. The van der Waals surface area contributed by atoms with Crippen LogP contribution in [0, 0.1) is 5.82 Å². The molecule has 1 unspecified atom stereocenters. The molecule has 10 heteroatoms. The van der Waals surface area contributed by atoms with Crippen LogP contribution in [-0.4, -0.2) is 60.9 Å². The van der Waals surface area contributed by atoms with Gasteiger partial charge in [0.15, 0.2) is 17.8 Å². The Labute approximate surface area is 195 Å². The van der Waals surface area contributed by atoms with E-state index in [9.17, 15) is 9.50 Å². The number of methoxy groups -OCH3 is 1. The standard InChI is InChI=1S/C24H26FN3O6/c1-30-16-2-3-19-17(7-16)24(18(25)10-28-19)20(29)8-23-33-12-15(13-34-23)26-9-14-6-21-22(11-27-14)32-5-4-31-21/h2-3,6-7,10-11,15,20,23,26,29H,4-5,8-9,12-13H2,1H3/t15-,20?,23-. The molecule has 2 aromatic heterocycles. The number of benzene rings is 1. The van der Waals surface area contributed by atoms with E-state index in [1.807, 2.05) is 6.07 Å². The van der Waals surface area contributed by atoms with Gasteiger partial charge in [0.05, 0.1) is 56.1 Å². The van der Waals surface area contributed by atoms with E-state index in [4.69, 9.17) is 23.7 Å². The first-order valence-electron chi connectivity index (χ1n) is 11.1. The molecule has 0 aliphatic carbocycles. The summed E-state index contributed by atoms with van der Waals surface area (Å²) in [5, 5.41) is 14.7. The van der Waals surface area contributed by atoms with Gasteiger partial charge in [-0.1, -0.05) is 0 Å². The topological polar surface area (TPSA) is 104 Å². The predicted octanol–water partition coefficient (Wildman–Crippen LogP) is 2.50. The van der Waals surface area contributed by atoms with Gasteiger partial charge in [-0.15, -0.1) is 0 Å². The lowest BCUT2D eigenvalue weighted by Crippen LogP contribution is -2.44. The Morgan fingerprint density at radius 1 is 1.12 bits per heavy atom. The highest BCUT2D eigenvalue weighted by Crippen LogP contribution is 2.32. The zero-order valence-electron chi connectivity index (χ0n) is 18.7. The fourth-order valence-corrected chi connectivity index (χ4v) is 4.07. The van der Waals surface area contributed by atoms with Crippen molar-refractivity contribution in [2.45, 2.75) is 31.4 Å². The second kappa shape index (κ2) is 10.1. The molecule has 180 valence electrons. The van der Waals surface area contributed by atoms with Gasteiger partial charge < -0.3 is 34.1 Å². The Morgan fingerprint density at radius 2 is 1.91 bits per heavy atom. The number of fused-ring (bicyclic) bond motifs is 2. The van der Waals surface area contributed by atoms with Crippen molar-refractivity contribution in [1.29, 1.82) is 0 Å². The Hall–Kier alpha value is -3.05. The van der Waals surface area contributed by atoms with Crippen molar-refractivity contribution in [2.24, 2.45) is 0 Å². The summed E-state index contributed by atoms with van der Waals surface area (Å²) in [6, 6.07) is 6.94. The third kappa shape index (κ3) is 4.90. The van der Waals surface area contributed by atoms with Crippen LogP contribution in [0.1, 0.15) is 23.8 Å². The van der Waals surface area contributed by atoms with E-state index in [0.29, 0.717) is 61.1 Å². The van der Waals surface area contributed by atoms with Crippen LogP contribution in [0.15, 0.2) is 36.7 Å². The molecule has 0 bridgehead atoms. The maximum Gasteiger partial charge on any atom is 0.179 e. The molecule has 0 amide bonds. The number of hydrogen-bond acceptors (Lipinski definition) is 9. The number of hydrogen-bond donors (Lipinski definition) is 2. The van der Waals surface area contributed by atoms with E-state index in [-0.39, 0.29) is 18.0 Å². The average Bonchev–Trinajstić information content (AvgIpc) is 2.87. The van der Waals surface area contributed by atoms with Gasteiger partial charge in [-0.2, -0.15) is 0 Å². The van der Waals surface area contributed by atoms with Crippen molar-refractivity contribution in [3.05, 3.63) is 53.7 Å². The van der Waals surface area contributed by atoms with Crippen molar-refractivity contribution in [1.82, 2.24) is 15.3 Å². The van der Waals surface area contributed by atoms with Gasteiger partial charge in [0, 0.05) is 30.0 Å². The second-order valence-electron chi connectivity index (χ2n) is 8.15. The van der Waals surface area contributed by atoms with Gasteiger partial charge in [-0.3, -0.25) is 9.97 Å². The van der Waals surface area contributed by atoms with Crippen LogP contribution in [0.25, 0.3) is 10.9 Å². The first-order valence-corrected chi connectivity index (χ1v) is 11.1. The molecule has 1 saturated heterocycles. The highest BCUT2D eigenvalue weighted by molar-refractivity contribution is 5.84. The molecule has 2 N–H and O–H groups in total. The average molecular weight is 471 g/mol. The second-order valence-corrected chi connectivity index (χ2v) is 8.15. The lowest BCUT2D eigenvalue weighted by molar-refractivity contribution is -0.202. The Kier molecular flexibility index (Phi) is 6.73. The van der Waals surface area contributed by atoms with Crippen LogP contribution in [0.2, 0.25) is 0 Å². The Bertz CT molecular complexity index is 1160. The third-order valence-electron chi connectivity index (χ3n) is 5.84. The maximum absolute atomic E-state index is 14.6. The number of aromatic nitrogens is 2. The molecular formula is C24H26FN3O6. The summed E-state index contributed by atoms with van der Waals surface area (Å²) >= 11 is 0. The van der Waals surface area contributed by atoms with Crippen molar-refractivity contribution in [3.8, 4) is 17.2 Å². The summed E-state index contributed by atoms with van der Waals surface area (Å²) < 4.78 is 42.5. The highest BCUT2D eigenvalue weighted by Gasteiger charge is 2.27. The summed E-state index contributed by atoms with van der Waals surface area (Å²) in [4.78, 5) is 8.47. The molecule has 1 fully saturated rings. The lowest BCUT2D eigenvalue weighted by Gasteiger charge is -2.31. The molecule has 3 aromatic rings. The van der Waals surface area contributed by atoms with Gasteiger partial charge in [-0.05, 0) is 18.2 Å². The number of ether oxygens (including phenoxy) is 5. The number of pyridine rings is 2. The molecule has 2 aliphatic heterocycles. The summed E-state index contributed by atoms with van der Waals surface area (Å²) in [6.45, 7) is 2.33. The summed E-state index contributed by atoms with van der Waals surface area (Å²) in [6.07, 6.45) is 1.07. The monoisotopic (exact) mass is 471 g/mol. The molecular weight excluding hydrogens is 445 g/mol. The molecule has 9 nitrogen and oxygen atoms in total. The van der Waals surface area contributed by atoms with Crippen molar-refractivity contribution in [2.75, 3.05) is 33.5 Å². The van der Waals surface area contributed by atoms with Gasteiger partial charge >= 0.3 is 0 Å². The van der Waals surface area contributed by atoms with E-state index in [1.165, 1.54) is 7.11 Å². The van der Waals surface area contributed by atoms with E-state index in [0.717, 1.165) is 11.9 Å². The minimum atomic E-state index is -1.13. The maximum atomic E-state index is 14.6. The Morgan fingerprint density at radius 3 is 2.71 bits per heavy atom. The van der Waals surface area contributed by atoms with Crippen LogP contribution < -0.4 is 19.5 Å². The number of aliphatic hydroxyl groups excluding tert-OH is 1. The minimum Gasteiger partial charge on any atom is -0.497 e. The fourth-order valence-electron chi connectivity index (χ4n) is 4.07. The fraction of sp³-hybridized carbons (Fsp3) is 0.417. The predicted molar refractivity (Wildman–Crippen MR) is 119 cm³/mol. The van der Waals surface area contributed by atoms with Crippen molar-refractivity contribution < 1.29 is 33.2 Å². The Balaban J connectivity index is 1.16. The van der Waals surface area contributed by atoms with Crippen LogP contribution in [0.4, 0.5) is 4.39 Å². The van der Waals surface area contributed by atoms with Crippen LogP contribution in [0.5, 0.6) is 17.2 Å². The molecule has 0 spiro atoms. The third-order valence-corrected chi connectivity index (χ3v) is 5.84. The molecule has 5 rings (SSSR count). The van der Waals surface area contributed by atoms with Crippen LogP contribution in [0.3, 0.4) is 0 Å². The lowest BCUT2D eigenvalue weighted by atomic mass is 10.0. The van der Waals surface area contributed by atoms with Crippen LogP contribution in [-0.2, 0) is 16.0 Å². The van der Waals surface area contributed by atoms with E-state index in [2.05, 4.69) is 15.3 Å². The SMILES string of the molecule is COc1ccc2ncc(F)c(C(O)C[C@H]3OC[C@H](NCc4cc5c(cn4)OCCO5)CO3)c2c1. The molecule has 2 aliphatic rings. The normalized spacial score (nSPS) is 20.8. The molecule has 34 heavy (non-hydrogen) atoms. The number of rotatable bonds is 7. The first-order chi connectivity index (χ1) is 16.6. The highest BCUT2D eigenvalue weighted by atomic mass is 19.1. The van der Waals surface area contributed by atoms with Gasteiger partial charge in [0.2, 0.25) is 0 Å². The molecule has 0 saturated carbocycles. The molecule has 1 atom stereocenters. The number of aliphatic hydroxyl groups is 1. The van der Waals surface area contributed by atoms with Crippen molar-refractivity contribution >= 4 is 10.9 Å². The zero-order valence-corrected chi connectivity index (χ0v) is 18.7.